The van der Waals surface area contributed by atoms with Gasteiger partial charge in [-0.15, -0.1) is 0 Å². The van der Waals surface area contributed by atoms with Crippen LogP contribution in [0.15, 0.2) is 12.1 Å². The van der Waals surface area contributed by atoms with Crippen molar-refractivity contribution >= 4 is 11.6 Å². The van der Waals surface area contributed by atoms with Gasteiger partial charge in [0, 0.05) is 5.56 Å². The molecular weight excluding hydrogens is 266 g/mol. The molecule has 0 aromatic heterocycles. The van der Waals surface area contributed by atoms with Gasteiger partial charge < -0.3 is 14.6 Å². The average Bonchev–Trinajstić information content (AvgIpc) is 2.37. The molecule has 1 aliphatic rings. The van der Waals surface area contributed by atoms with Crippen LogP contribution in [-0.2, 0) is 0 Å². The predicted molar refractivity (Wildman–Crippen MR) is 71.4 cm³/mol. The number of halogens is 1. The van der Waals surface area contributed by atoms with Gasteiger partial charge >= 0.3 is 0 Å². The fourth-order valence-electron chi connectivity index (χ4n) is 2.42. The van der Waals surface area contributed by atoms with Gasteiger partial charge in [-0.2, -0.15) is 5.26 Å². The fourth-order valence-corrected chi connectivity index (χ4v) is 2.75. The van der Waals surface area contributed by atoms with Crippen molar-refractivity contribution in [1.82, 2.24) is 0 Å². The Bertz CT molecular complexity index is 520. The maximum atomic E-state index is 10.5. The summed E-state index contributed by atoms with van der Waals surface area (Å²) in [4.78, 5) is 0. The van der Waals surface area contributed by atoms with Crippen molar-refractivity contribution in [3.05, 3.63) is 22.7 Å². The van der Waals surface area contributed by atoms with Crippen LogP contribution < -0.4 is 9.47 Å². The first kappa shape index (κ1) is 14.0. The topological polar surface area (TPSA) is 62.5 Å². The molecule has 0 aliphatic heterocycles. The largest absolute Gasteiger partial charge is 0.493 e. The Labute approximate surface area is 117 Å². The first-order chi connectivity index (χ1) is 9.09. The van der Waals surface area contributed by atoms with Crippen LogP contribution in [0.25, 0.3) is 0 Å². The van der Waals surface area contributed by atoms with Crippen molar-refractivity contribution in [1.29, 1.82) is 5.26 Å². The number of aliphatic hydroxyl groups is 1. The molecule has 1 saturated carbocycles. The lowest BCUT2D eigenvalue weighted by molar-refractivity contribution is 0.00787. The number of hydrogen-bond acceptors (Lipinski definition) is 4. The third kappa shape index (κ3) is 2.13. The van der Waals surface area contributed by atoms with Gasteiger partial charge in [-0.1, -0.05) is 24.1 Å². The second kappa shape index (κ2) is 5.28. The molecule has 0 radical (unpaired) electrons. The summed E-state index contributed by atoms with van der Waals surface area (Å²) >= 11 is 6.26. The van der Waals surface area contributed by atoms with E-state index in [0.717, 1.165) is 6.42 Å². The van der Waals surface area contributed by atoms with E-state index < -0.39 is 11.5 Å². The highest BCUT2D eigenvalue weighted by atomic mass is 35.5. The molecule has 1 N–H and O–H groups in total. The summed E-state index contributed by atoms with van der Waals surface area (Å²) in [6.45, 7) is 0. The summed E-state index contributed by atoms with van der Waals surface area (Å²) in [6, 6.07) is 5.60. The Morgan fingerprint density at radius 2 is 2.05 bits per heavy atom. The van der Waals surface area contributed by atoms with E-state index in [9.17, 15) is 10.4 Å². The van der Waals surface area contributed by atoms with E-state index in [-0.39, 0.29) is 0 Å². The number of benzene rings is 1. The second-order valence-electron chi connectivity index (χ2n) is 4.73. The number of methoxy groups -OCH3 is 2. The Kier molecular flexibility index (Phi) is 3.88. The molecule has 4 nitrogen and oxygen atoms in total. The van der Waals surface area contributed by atoms with Crippen molar-refractivity contribution in [2.45, 2.75) is 25.4 Å². The van der Waals surface area contributed by atoms with Crippen molar-refractivity contribution in [2.24, 2.45) is 5.41 Å². The minimum Gasteiger partial charge on any atom is -0.493 e. The van der Waals surface area contributed by atoms with Gasteiger partial charge in [0.05, 0.1) is 36.8 Å². The van der Waals surface area contributed by atoms with Crippen LogP contribution in [0.2, 0.25) is 5.02 Å². The number of nitrogens with zero attached hydrogens (tertiary/aromatic N) is 1. The van der Waals surface area contributed by atoms with E-state index >= 15 is 0 Å². The first-order valence-corrected chi connectivity index (χ1v) is 6.47. The third-order valence-electron chi connectivity index (χ3n) is 3.80. The maximum Gasteiger partial charge on any atom is 0.179 e. The van der Waals surface area contributed by atoms with Crippen LogP contribution in [-0.4, -0.2) is 19.3 Å². The molecule has 0 heterocycles. The molecular formula is C14H16ClNO3. The van der Waals surface area contributed by atoms with Crippen molar-refractivity contribution in [3.8, 4) is 17.6 Å². The summed E-state index contributed by atoms with van der Waals surface area (Å²) < 4.78 is 10.4. The van der Waals surface area contributed by atoms with Gasteiger partial charge in [0.1, 0.15) is 0 Å². The van der Waals surface area contributed by atoms with E-state index in [2.05, 4.69) is 6.07 Å². The van der Waals surface area contributed by atoms with Crippen LogP contribution in [0.1, 0.15) is 30.9 Å². The Hall–Kier alpha value is -1.44. The zero-order valence-electron chi connectivity index (χ0n) is 10.9. The maximum absolute atomic E-state index is 10.5. The zero-order chi connectivity index (χ0) is 14.0. The number of rotatable bonds is 4. The number of aliphatic hydroxyl groups excluding tert-OH is 1. The SMILES string of the molecule is COc1ccc(C(O)C2(C#N)CCC2)c(Cl)c1OC. The molecule has 2 rings (SSSR count). The standard InChI is InChI=1S/C14H16ClNO3/c1-18-10-5-4-9(11(15)12(10)19-2)13(17)14(8-16)6-3-7-14/h4-5,13,17H,3,6-7H2,1-2H3. The highest BCUT2D eigenvalue weighted by Gasteiger charge is 2.45. The molecule has 102 valence electrons. The molecule has 1 fully saturated rings. The Morgan fingerprint density at radius 1 is 1.37 bits per heavy atom. The summed E-state index contributed by atoms with van der Waals surface area (Å²) in [5.74, 6) is 0.885. The Morgan fingerprint density at radius 3 is 2.47 bits per heavy atom. The van der Waals surface area contributed by atoms with E-state index in [1.807, 2.05) is 0 Å². The summed E-state index contributed by atoms with van der Waals surface area (Å²) in [5, 5.41) is 20.0. The van der Waals surface area contributed by atoms with E-state index in [1.165, 1.54) is 14.2 Å². The normalized spacial score (nSPS) is 18.1. The number of ether oxygens (including phenoxy) is 2. The van der Waals surface area contributed by atoms with Crippen LogP contribution in [0, 0.1) is 16.7 Å². The monoisotopic (exact) mass is 281 g/mol. The lowest BCUT2D eigenvalue weighted by Crippen LogP contribution is -2.34. The average molecular weight is 282 g/mol. The highest BCUT2D eigenvalue weighted by Crippen LogP contribution is 2.52. The highest BCUT2D eigenvalue weighted by molar-refractivity contribution is 6.33. The van der Waals surface area contributed by atoms with Gasteiger partial charge in [-0.05, 0) is 18.9 Å². The van der Waals surface area contributed by atoms with Gasteiger partial charge in [-0.25, -0.2) is 0 Å². The lowest BCUT2D eigenvalue weighted by atomic mass is 9.64. The minimum absolute atomic E-state index is 0.302. The number of nitriles is 1. The lowest BCUT2D eigenvalue weighted by Gasteiger charge is -2.39. The third-order valence-corrected chi connectivity index (χ3v) is 4.19. The van der Waals surface area contributed by atoms with Crippen LogP contribution in [0.5, 0.6) is 11.5 Å². The van der Waals surface area contributed by atoms with Gasteiger partial charge in [-0.3, -0.25) is 0 Å². The summed E-state index contributed by atoms with van der Waals surface area (Å²) in [5.41, 5.74) is -0.205. The fraction of sp³-hybridized carbons (Fsp3) is 0.500. The Balaban J connectivity index is 2.43. The van der Waals surface area contributed by atoms with Crippen LogP contribution in [0.4, 0.5) is 0 Å². The molecule has 19 heavy (non-hydrogen) atoms. The van der Waals surface area contributed by atoms with Gasteiger partial charge in [0.2, 0.25) is 0 Å². The quantitative estimate of drug-likeness (QED) is 0.921. The molecule has 1 aromatic carbocycles. The molecule has 5 heteroatoms. The first-order valence-electron chi connectivity index (χ1n) is 6.09. The van der Waals surface area contributed by atoms with Crippen LogP contribution in [0.3, 0.4) is 0 Å². The minimum atomic E-state index is -0.904. The van der Waals surface area contributed by atoms with Crippen molar-refractivity contribution in [2.75, 3.05) is 14.2 Å². The smallest absolute Gasteiger partial charge is 0.179 e. The summed E-state index contributed by atoms with van der Waals surface area (Å²) in [7, 11) is 3.01. The molecule has 1 unspecified atom stereocenters. The van der Waals surface area contributed by atoms with Crippen LogP contribution >= 0.6 is 11.6 Å². The molecule has 0 saturated heterocycles. The zero-order valence-corrected chi connectivity index (χ0v) is 11.7. The second-order valence-corrected chi connectivity index (χ2v) is 5.11. The van der Waals surface area contributed by atoms with Crippen molar-refractivity contribution in [3.63, 3.8) is 0 Å². The molecule has 1 aromatic rings. The van der Waals surface area contributed by atoms with Gasteiger partial charge in [0.25, 0.3) is 0 Å². The summed E-state index contributed by atoms with van der Waals surface area (Å²) in [6.07, 6.45) is 1.43. The molecule has 1 aliphatic carbocycles. The van der Waals surface area contributed by atoms with Gasteiger partial charge in [0.15, 0.2) is 11.5 Å². The number of hydrogen-bond donors (Lipinski definition) is 1. The van der Waals surface area contributed by atoms with E-state index in [0.29, 0.717) is 34.9 Å². The molecule has 0 bridgehead atoms. The molecule has 1 atom stereocenters. The molecule has 0 spiro atoms. The predicted octanol–water partition coefficient (Wildman–Crippen LogP) is 3.08. The van der Waals surface area contributed by atoms with E-state index in [1.54, 1.807) is 12.1 Å². The van der Waals surface area contributed by atoms with Crippen molar-refractivity contribution < 1.29 is 14.6 Å². The van der Waals surface area contributed by atoms with E-state index in [4.69, 9.17) is 21.1 Å². The molecule has 0 amide bonds.